The number of benzene rings is 1. The van der Waals surface area contributed by atoms with E-state index in [1.807, 2.05) is 12.1 Å². The molecule has 0 aliphatic rings. The van der Waals surface area contributed by atoms with Crippen LogP contribution in [0.15, 0.2) is 24.3 Å². The molecule has 0 saturated heterocycles. The predicted molar refractivity (Wildman–Crippen MR) is 71.0 cm³/mol. The fraction of sp³-hybridized carbons (Fsp3) is 0.533. The monoisotopic (exact) mass is 232 g/mol. The second-order valence-corrected chi connectivity index (χ2v) is 4.30. The molecule has 0 aromatic heterocycles. The molecule has 1 rings (SSSR count). The van der Waals surface area contributed by atoms with E-state index in [9.17, 15) is 4.79 Å². The summed E-state index contributed by atoms with van der Waals surface area (Å²) in [7, 11) is 0. The zero-order valence-corrected chi connectivity index (χ0v) is 10.7. The van der Waals surface area contributed by atoms with Crippen molar-refractivity contribution in [2.24, 2.45) is 0 Å². The number of amides is 1. The summed E-state index contributed by atoms with van der Waals surface area (Å²) in [6.45, 7) is 2.99. The van der Waals surface area contributed by atoms with Crippen LogP contribution >= 0.6 is 0 Å². The molecular weight excluding hydrogens is 210 g/mol. The van der Waals surface area contributed by atoms with E-state index in [0.29, 0.717) is 5.56 Å². The van der Waals surface area contributed by atoms with Gasteiger partial charge in [0.05, 0.1) is 0 Å². The molecule has 1 N–H and O–H groups in total. The second-order valence-electron chi connectivity index (χ2n) is 4.30. The van der Waals surface area contributed by atoms with Crippen molar-refractivity contribution in [1.29, 1.82) is 0 Å². The van der Waals surface area contributed by atoms with E-state index in [1.165, 1.54) is 32.1 Å². The van der Waals surface area contributed by atoms with Crippen molar-refractivity contribution in [3.63, 3.8) is 0 Å². The normalized spacial score (nSPS) is 10.2. The summed E-state index contributed by atoms with van der Waals surface area (Å²) in [6, 6.07) is 10.2. The molecule has 1 radical (unpaired) electrons. The lowest BCUT2D eigenvalue weighted by Gasteiger charge is -2.04. The lowest BCUT2D eigenvalue weighted by Crippen LogP contribution is -2.24. The topological polar surface area (TPSA) is 29.1 Å². The van der Waals surface area contributed by atoms with E-state index in [1.54, 1.807) is 12.1 Å². The standard InChI is InChI=1S/C15H22NO/c1-2-3-4-5-6-10-13-16-15(17)14-11-8-7-9-12-14/h7-9,11H,2-6,10,13H2,1H3,(H,16,17). The number of carbonyl (C=O) groups excluding carboxylic acids is 1. The van der Waals surface area contributed by atoms with Gasteiger partial charge in [0.1, 0.15) is 0 Å². The fourth-order valence-electron chi connectivity index (χ4n) is 1.74. The maximum atomic E-state index is 11.6. The molecule has 0 aliphatic carbocycles. The Morgan fingerprint density at radius 1 is 1.18 bits per heavy atom. The molecule has 1 aromatic rings. The van der Waals surface area contributed by atoms with Gasteiger partial charge >= 0.3 is 0 Å². The molecule has 2 nitrogen and oxygen atoms in total. The number of rotatable bonds is 8. The van der Waals surface area contributed by atoms with E-state index >= 15 is 0 Å². The third kappa shape index (κ3) is 6.10. The van der Waals surface area contributed by atoms with Crippen LogP contribution in [0.4, 0.5) is 0 Å². The van der Waals surface area contributed by atoms with E-state index in [4.69, 9.17) is 0 Å². The van der Waals surface area contributed by atoms with Gasteiger partial charge in [-0.2, -0.15) is 0 Å². The molecule has 0 unspecified atom stereocenters. The minimum absolute atomic E-state index is 0.0147. The van der Waals surface area contributed by atoms with Crippen molar-refractivity contribution in [3.8, 4) is 0 Å². The Bertz CT molecular complexity index is 308. The first-order chi connectivity index (χ1) is 8.34. The average Bonchev–Trinajstić information content (AvgIpc) is 2.38. The Labute approximate surface area is 104 Å². The third-order valence-electron chi connectivity index (χ3n) is 2.77. The lowest BCUT2D eigenvalue weighted by molar-refractivity contribution is 0.0952. The van der Waals surface area contributed by atoms with Crippen LogP contribution in [0.5, 0.6) is 0 Å². The summed E-state index contributed by atoms with van der Waals surface area (Å²) < 4.78 is 0. The van der Waals surface area contributed by atoms with Gasteiger partial charge in [-0.15, -0.1) is 0 Å². The SMILES string of the molecule is CCCCCCCCNC(=O)c1[c]cccc1. The van der Waals surface area contributed by atoms with Crippen LogP contribution in [0, 0.1) is 6.07 Å². The Kier molecular flexibility index (Phi) is 7.12. The molecule has 2 heteroatoms. The van der Waals surface area contributed by atoms with Gasteiger partial charge in [0.25, 0.3) is 5.91 Å². The van der Waals surface area contributed by atoms with E-state index < -0.39 is 0 Å². The minimum Gasteiger partial charge on any atom is -0.352 e. The summed E-state index contributed by atoms with van der Waals surface area (Å²) in [5, 5.41) is 2.92. The van der Waals surface area contributed by atoms with Gasteiger partial charge in [-0.05, 0) is 18.6 Å². The number of carbonyl (C=O) groups is 1. The van der Waals surface area contributed by atoms with Gasteiger partial charge in [-0.1, -0.05) is 57.2 Å². The first-order valence-electron chi connectivity index (χ1n) is 6.59. The van der Waals surface area contributed by atoms with Crippen molar-refractivity contribution >= 4 is 5.91 Å². The van der Waals surface area contributed by atoms with Crippen LogP contribution in [0.1, 0.15) is 55.8 Å². The second kappa shape index (κ2) is 8.80. The molecule has 0 aliphatic heterocycles. The maximum absolute atomic E-state index is 11.6. The number of hydrogen-bond acceptors (Lipinski definition) is 1. The molecule has 0 spiro atoms. The first kappa shape index (κ1) is 13.8. The van der Waals surface area contributed by atoms with Gasteiger partial charge < -0.3 is 5.32 Å². The summed E-state index contributed by atoms with van der Waals surface area (Å²) in [5.74, 6) is -0.0147. The van der Waals surface area contributed by atoms with Crippen molar-refractivity contribution in [1.82, 2.24) is 5.32 Å². The van der Waals surface area contributed by atoms with Gasteiger partial charge in [-0.3, -0.25) is 4.79 Å². The number of unbranched alkanes of at least 4 members (excludes halogenated alkanes) is 5. The highest BCUT2D eigenvalue weighted by Crippen LogP contribution is 2.04. The lowest BCUT2D eigenvalue weighted by atomic mass is 10.1. The Balaban J connectivity index is 2.05. The zero-order chi connectivity index (χ0) is 12.3. The molecule has 1 aromatic carbocycles. The molecule has 0 bridgehead atoms. The fourth-order valence-corrected chi connectivity index (χ4v) is 1.74. The zero-order valence-electron chi connectivity index (χ0n) is 10.7. The summed E-state index contributed by atoms with van der Waals surface area (Å²) in [5.41, 5.74) is 0.624. The highest BCUT2D eigenvalue weighted by Gasteiger charge is 2.02. The van der Waals surface area contributed by atoms with Crippen LogP contribution in [0.2, 0.25) is 0 Å². The Morgan fingerprint density at radius 2 is 1.94 bits per heavy atom. The molecule has 93 valence electrons. The Hall–Kier alpha value is -1.31. The molecule has 1 amide bonds. The minimum atomic E-state index is -0.0147. The van der Waals surface area contributed by atoms with Gasteiger partial charge in [0.15, 0.2) is 0 Å². The molecule has 0 atom stereocenters. The molecule has 17 heavy (non-hydrogen) atoms. The summed E-state index contributed by atoms with van der Waals surface area (Å²) >= 11 is 0. The number of nitrogens with one attached hydrogen (secondary N) is 1. The number of hydrogen-bond donors (Lipinski definition) is 1. The Morgan fingerprint density at radius 3 is 2.65 bits per heavy atom. The van der Waals surface area contributed by atoms with Gasteiger partial charge in [0, 0.05) is 12.1 Å². The van der Waals surface area contributed by atoms with Crippen LogP contribution in [0.3, 0.4) is 0 Å². The van der Waals surface area contributed by atoms with Gasteiger partial charge in [-0.25, -0.2) is 0 Å². The predicted octanol–water partition coefficient (Wildman–Crippen LogP) is 3.58. The van der Waals surface area contributed by atoms with Crippen molar-refractivity contribution < 1.29 is 4.79 Å². The van der Waals surface area contributed by atoms with E-state index in [-0.39, 0.29) is 5.91 Å². The average molecular weight is 232 g/mol. The van der Waals surface area contributed by atoms with Crippen molar-refractivity contribution in [2.75, 3.05) is 6.54 Å². The van der Waals surface area contributed by atoms with Crippen LogP contribution in [-0.4, -0.2) is 12.5 Å². The highest BCUT2D eigenvalue weighted by molar-refractivity contribution is 5.93. The summed E-state index contributed by atoms with van der Waals surface area (Å²) in [4.78, 5) is 11.6. The smallest absolute Gasteiger partial charge is 0.251 e. The molecule has 0 heterocycles. The first-order valence-corrected chi connectivity index (χ1v) is 6.59. The highest BCUT2D eigenvalue weighted by atomic mass is 16.1. The largest absolute Gasteiger partial charge is 0.352 e. The van der Waals surface area contributed by atoms with Crippen molar-refractivity contribution in [3.05, 3.63) is 35.9 Å². The molecule has 0 fully saturated rings. The molecule has 0 saturated carbocycles. The van der Waals surface area contributed by atoms with Crippen molar-refractivity contribution in [2.45, 2.75) is 45.4 Å². The quantitative estimate of drug-likeness (QED) is 0.682. The third-order valence-corrected chi connectivity index (χ3v) is 2.77. The maximum Gasteiger partial charge on any atom is 0.251 e. The van der Waals surface area contributed by atoms with Crippen LogP contribution in [-0.2, 0) is 0 Å². The van der Waals surface area contributed by atoms with Gasteiger partial charge in [0.2, 0.25) is 0 Å². The summed E-state index contributed by atoms with van der Waals surface area (Å²) in [6.07, 6.45) is 7.48. The van der Waals surface area contributed by atoms with Crippen LogP contribution < -0.4 is 5.32 Å². The van der Waals surface area contributed by atoms with E-state index in [2.05, 4.69) is 18.3 Å². The van der Waals surface area contributed by atoms with E-state index in [0.717, 1.165) is 13.0 Å². The molecular formula is C15H22NO. The van der Waals surface area contributed by atoms with Crippen LogP contribution in [0.25, 0.3) is 0 Å².